The normalized spacial score (nSPS) is 15.0. The number of rotatable bonds is 7. The fourth-order valence-electron chi connectivity index (χ4n) is 2.22. The Kier molecular flexibility index (Phi) is 6.10. The van der Waals surface area contributed by atoms with E-state index in [1.807, 2.05) is 0 Å². The summed E-state index contributed by atoms with van der Waals surface area (Å²) in [6.07, 6.45) is 2.86. The van der Waals surface area contributed by atoms with Gasteiger partial charge < -0.3 is 15.4 Å². The number of nitrogens with zero attached hydrogens (tertiary/aromatic N) is 1. The highest BCUT2D eigenvalue weighted by Crippen LogP contribution is 2.27. The van der Waals surface area contributed by atoms with Crippen LogP contribution in [-0.4, -0.2) is 25.2 Å². The molecular weight excluding hydrogens is 274 g/mol. The SMILES string of the molecule is CCNC(=NCc1ccc(C)cc1OC(C)C)NCC1CC1. The predicted octanol–water partition coefficient (Wildman–Crippen LogP) is 3.25. The summed E-state index contributed by atoms with van der Waals surface area (Å²) in [5.74, 6) is 2.67. The van der Waals surface area contributed by atoms with Crippen molar-refractivity contribution >= 4 is 5.96 Å². The molecule has 22 heavy (non-hydrogen) atoms. The van der Waals surface area contributed by atoms with Gasteiger partial charge in [0.1, 0.15) is 5.75 Å². The summed E-state index contributed by atoms with van der Waals surface area (Å²) in [5, 5.41) is 6.73. The standard InChI is InChI=1S/C18H29N3O/c1-5-19-18(20-11-15-7-8-15)21-12-16-9-6-14(4)10-17(16)22-13(2)3/h6,9-10,13,15H,5,7-8,11-12H2,1-4H3,(H2,19,20,21). The first-order valence-electron chi connectivity index (χ1n) is 8.36. The molecule has 1 aromatic rings. The van der Waals surface area contributed by atoms with Gasteiger partial charge in [-0.1, -0.05) is 12.1 Å². The largest absolute Gasteiger partial charge is 0.491 e. The van der Waals surface area contributed by atoms with E-state index >= 15 is 0 Å². The van der Waals surface area contributed by atoms with Crippen LogP contribution in [0.3, 0.4) is 0 Å². The highest BCUT2D eigenvalue weighted by Gasteiger charge is 2.21. The molecule has 2 rings (SSSR count). The Hall–Kier alpha value is -1.71. The topological polar surface area (TPSA) is 45.7 Å². The minimum absolute atomic E-state index is 0.172. The molecule has 0 aromatic heterocycles. The number of hydrogen-bond acceptors (Lipinski definition) is 2. The van der Waals surface area contributed by atoms with Crippen molar-refractivity contribution in [3.05, 3.63) is 29.3 Å². The van der Waals surface area contributed by atoms with E-state index in [1.165, 1.54) is 18.4 Å². The second kappa shape index (κ2) is 8.06. The Balaban J connectivity index is 2.03. The average Bonchev–Trinajstić information content (AvgIpc) is 3.27. The van der Waals surface area contributed by atoms with Gasteiger partial charge in [-0.05, 0) is 58.1 Å². The summed E-state index contributed by atoms with van der Waals surface area (Å²) < 4.78 is 5.92. The van der Waals surface area contributed by atoms with E-state index in [2.05, 4.69) is 56.5 Å². The first kappa shape index (κ1) is 16.7. The van der Waals surface area contributed by atoms with Crippen LogP contribution in [-0.2, 0) is 6.54 Å². The lowest BCUT2D eigenvalue weighted by Crippen LogP contribution is -2.38. The second-order valence-electron chi connectivity index (χ2n) is 6.30. The molecule has 1 aliphatic rings. The quantitative estimate of drug-likeness (QED) is 0.600. The Morgan fingerprint density at radius 2 is 2.09 bits per heavy atom. The smallest absolute Gasteiger partial charge is 0.191 e. The Labute approximate surface area is 134 Å². The summed E-state index contributed by atoms with van der Waals surface area (Å²) in [5.41, 5.74) is 2.34. The highest BCUT2D eigenvalue weighted by atomic mass is 16.5. The molecule has 0 spiro atoms. The van der Waals surface area contributed by atoms with Crippen LogP contribution in [0.15, 0.2) is 23.2 Å². The van der Waals surface area contributed by atoms with Crippen LogP contribution in [0, 0.1) is 12.8 Å². The summed E-state index contributed by atoms with van der Waals surface area (Å²) in [4.78, 5) is 4.70. The van der Waals surface area contributed by atoms with Gasteiger partial charge in [-0.2, -0.15) is 0 Å². The summed E-state index contributed by atoms with van der Waals surface area (Å²) in [6.45, 7) is 10.8. The number of nitrogens with one attached hydrogen (secondary N) is 2. The van der Waals surface area contributed by atoms with Gasteiger partial charge in [0, 0.05) is 18.7 Å². The minimum Gasteiger partial charge on any atom is -0.491 e. The molecule has 0 bridgehead atoms. The number of benzene rings is 1. The van der Waals surface area contributed by atoms with E-state index in [-0.39, 0.29) is 6.10 Å². The minimum atomic E-state index is 0.172. The predicted molar refractivity (Wildman–Crippen MR) is 92.5 cm³/mol. The molecule has 1 aliphatic carbocycles. The van der Waals surface area contributed by atoms with Crippen LogP contribution in [0.5, 0.6) is 5.75 Å². The molecule has 0 unspecified atom stereocenters. The molecule has 0 saturated heterocycles. The zero-order valence-electron chi connectivity index (χ0n) is 14.3. The average molecular weight is 303 g/mol. The van der Waals surface area contributed by atoms with Gasteiger partial charge in [-0.15, -0.1) is 0 Å². The highest BCUT2D eigenvalue weighted by molar-refractivity contribution is 5.79. The third-order valence-corrected chi connectivity index (χ3v) is 3.59. The maximum Gasteiger partial charge on any atom is 0.191 e. The van der Waals surface area contributed by atoms with Crippen molar-refractivity contribution in [2.24, 2.45) is 10.9 Å². The van der Waals surface area contributed by atoms with Gasteiger partial charge in [-0.25, -0.2) is 4.99 Å². The van der Waals surface area contributed by atoms with E-state index in [0.717, 1.165) is 36.3 Å². The summed E-state index contributed by atoms with van der Waals surface area (Å²) >= 11 is 0. The zero-order chi connectivity index (χ0) is 15.9. The van der Waals surface area contributed by atoms with Crippen molar-refractivity contribution in [2.75, 3.05) is 13.1 Å². The first-order valence-corrected chi connectivity index (χ1v) is 8.36. The van der Waals surface area contributed by atoms with Crippen LogP contribution in [0.2, 0.25) is 0 Å². The number of ether oxygens (including phenoxy) is 1. The number of aryl methyl sites for hydroxylation is 1. The first-order chi connectivity index (χ1) is 10.6. The number of aliphatic imine (C=N–C) groups is 1. The fraction of sp³-hybridized carbons (Fsp3) is 0.611. The third-order valence-electron chi connectivity index (χ3n) is 3.59. The Bertz CT molecular complexity index is 507. The van der Waals surface area contributed by atoms with Crippen LogP contribution in [0.1, 0.15) is 44.7 Å². The van der Waals surface area contributed by atoms with Gasteiger partial charge in [0.25, 0.3) is 0 Å². The molecule has 0 radical (unpaired) electrons. The molecule has 0 heterocycles. The van der Waals surface area contributed by atoms with E-state index in [1.54, 1.807) is 0 Å². The summed E-state index contributed by atoms with van der Waals surface area (Å²) in [6, 6.07) is 6.32. The summed E-state index contributed by atoms with van der Waals surface area (Å²) in [7, 11) is 0. The zero-order valence-corrected chi connectivity index (χ0v) is 14.3. The van der Waals surface area contributed by atoms with Crippen molar-refractivity contribution in [3.8, 4) is 5.75 Å². The fourth-order valence-corrected chi connectivity index (χ4v) is 2.22. The Morgan fingerprint density at radius 3 is 2.73 bits per heavy atom. The van der Waals surface area contributed by atoms with Crippen LogP contribution in [0.4, 0.5) is 0 Å². The van der Waals surface area contributed by atoms with Crippen LogP contribution < -0.4 is 15.4 Å². The maximum absolute atomic E-state index is 5.92. The third kappa shape index (κ3) is 5.58. The van der Waals surface area contributed by atoms with E-state index in [9.17, 15) is 0 Å². The van der Waals surface area contributed by atoms with Crippen molar-refractivity contribution in [3.63, 3.8) is 0 Å². The van der Waals surface area contributed by atoms with Crippen LogP contribution >= 0.6 is 0 Å². The molecular formula is C18H29N3O. The van der Waals surface area contributed by atoms with E-state index < -0.39 is 0 Å². The molecule has 122 valence electrons. The molecule has 1 fully saturated rings. The molecule has 0 atom stereocenters. The van der Waals surface area contributed by atoms with Crippen molar-refractivity contribution in [1.29, 1.82) is 0 Å². The van der Waals surface area contributed by atoms with Crippen molar-refractivity contribution < 1.29 is 4.74 Å². The van der Waals surface area contributed by atoms with E-state index in [4.69, 9.17) is 9.73 Å². The lowest BCUT2D eigenvalue weighted by atomic mass is 10.1. The molecule has 1 aromatic carbocycles. The molecule has 0 aliphatic heterocycles. The van der Waals surface area contributed by atoms with Gasteiger partial charge >= 0.3 is 0 Å². The molecule has 4 heteroatoms. The lowest BCUT2D eigenvalue weighted by molar-refractivity contribution is 0.240. The molecule has 2 N–H and O–H groups in total. The molecule has 0 amide bonds. The van der Waals surface area contributed by atoms with E-state index in [0.29, 0.717) is 6.54 Å². The monoisotopic (exact) mass is 303 g/mol. The van der Waals surface area contributed by atoms with Gasteiger partial charge in [0.15, 0.2) is 5.96 Å². The van der Waals surface area contributed by atoms with Crippen molar-refractivity contribution in [2.45, 2.75) is 53.2 Å². The lowest BCUT2D eigenvalue weighted by Gasteiger charge is -2.15. The molecule has 1 saturated carbocycles. The van der Waals surface area contributed by atoms with Crippen molar-refractivity contribution in [1.82, 2.24) is 10.6 Å². The van der Waals surface area contributed by atoms with Gasteiger partial charge in [-0.3, -0.25) is 0 Å². The maximum atomic E-state index is 5.92. The van der Waals surface area contributed by atoms with Gasteiger partial charge in [0.05, 0.1) is 12.6 Å². The van der Waals surface area contributed by atoms with Crippen LogP contribution in [0.25, 0.3) is 0 Å². The number of hydrogen-bond donors (Lipinski definition) is 2. The second-order valence-corrected chi connectivity index (χ2v) is 6.30. The van der Waals surface area contributed by atoms with Gasteiger partial charge in [0.2, 0.25) is 0 Å². The number of guanidine groups is 1. The molecule has 4 nitrogen and oxygen atoms in total. The Morgan fingerprint density at radius 1 is 1.32 bits per heavy atom.